The Labute approximate surface area is 129 Å². The van der Waals surface area contributed by atoms with Crippen molar-refractivity contribution < 1.29 is 0 Å². The van der Waals surface area contributed by atoms with E-state index in [0.717, 1.165) is 16.9 Å². The third-order valence-electron chi connectivity index (χ3n) is 3.62. The first-order chi connectivity index (χ1) is 9.15. The van der Waals surface area contributed by atoms with Crippen LogP contribution in [0.2, 0.25) is 0 Å². The van der Waals surface area contributed by atoms with E-state index < -0.39 is 0 Å². The Bertz CT molecular complexity index is 399. The average Bonchev–Trinajstić information content (AvgIpc) is 3.01. The summed E-state index contributed by atoms with van der Waals surface area (Å²) in [5.41, 5.74) is 1.33. The van der Waals surface area contributed by atoms with Crippen LogP contribution >= 0.6 is 27.7 Å². The van der Waals surface area contributed by atoms with E-state index in [1.54, 1.807) is 0 Å². The van der Waals surface area contributed by atoms with Crippen LogP contribution in [-0.2, 0) is 0 Å². The zero-order chi connectivity index (χ0) is 13.8. The molecule has 1 aliphatic heterocycles. The minimum atomic E-state index is 0.404. The van der Waals surface area contributed by atoms with E-state index in [2.05, 4.69) is 63.6 Å². The monoisotopic (exact) mass is 345 g/mol. The predicted molar refractivity (Wildman–Crippen MR) is 86.8 cm³/mol. The van der Waals surface area contributed by atoms with Crippen LogP contribution in [0.1, 0.15) is 51.4 Å². The summed E-state index contributed by atoms with van der Waals surface area (Å²) >= 11 is 5.77. The molecule has 0 radical (unpaired) electrons. The topological polar surface area (TPSA) is 29.9 Å². The molecule has 108 valence electrons. The molecule has 0 bridgehead atoms. The summed E-state index contributed by atoms with van der Waals surface area (Å²) < 4.78 is 3.31. The van der Waals surface area contributed by atoms with E-state index in [4.69, 9.17) is 0 Å². The minimum Gasteiger partial charge on any atom is -0.308 e. The van der Waals surface area contributed by atoms with E-state index in [1.807, 2.05) is 6.20 Å². The summed E-state index contributed by atoms with van der Waals surface area (Å²) in [5.74, 6) is 3.28. The molecule has 2 rings (SSSR count). The number of nitrogens with one attached hydrogen (secondary N) is 1. The first-order valence-corrected chi connectivity index (χ1v) is 9.14. The molecule has 1 aromatic heterocycles. The molecule has 0 aliphatic carbocycles. The Hall–Kier alpha value is -0.000000000000000111. The van der Waals surface area contributed by atoms with Gasteiger partial charge in [-0.2, -0.15) is 16.9 Å². The van der Waals surface area contributed by atoms with Gasteiger partial charge in [-0.1, -0.05) is 6.92 Å². The largest absolute Gasteiger partial charge is 0.308 e. The second-order valence-corrected chi connectivity index (χ2v) is 7.48. The standard InChI is InChI=1S/C14H24BrN3S/c1-4-6-16-13(11-5-7-19-9-11)14-12(15)8-17-18(14)10(2)3/h8,10-11,13,16H,4-7,9H2,1-3H3. The predicted octanol–water partition coefficient (Wildman–Crippen LogP) is 4.02. The average molecular weight is 346 g/mol. The van der Waals surface area contributed by atoms with Crippen molar-refractivity contribution in [2.75, 3.05) is 18.1 Å². The van der Waals surface area contributed by atoms with Crippen LogP contribution < -0.4 is 5.32 Å². The molecule has 1 aliphatic rings. The second-order valence-electron chi connectivity index (χ2n) is 5.47. The quantitative estimate of drug-likeness (QED) is 0.844. The van der Waals surface area contributed by atoms with Gasteiger partial charge < -0.3 is 5.32 Å². The Morgan fingerprint density at radius 3 is 2.95 bits per heavy atom. The van der Waals surface area contributed by atoms with Crippen molar-refractivity contribution in [2.45, 2.75) is 45.7 Å². The number of rotatable bonds is 6. The van der Waals surface area contributed by atoms with Gasteiger partial charge in [-0.25, -0.2) is 0 Å². The van der Waals surface area contributed by atoms with Crippen molar-refractivity contribution in [1.82, 2.24) is 15.1 Å². The van der Waals surface area contributed by atoms with Crippen molar-refractivity contribution in [3.05, 3.63) is 16.4 Å². The van der Waals surface area contributed by atoms with Crippen molar-refractivity contribution in [1.29, 1.82) is 0 Å². The maximum atomic E-state index is 4.54. The van der Waals surface area contributed by atoms with Gasteiger partial charge in [-0.3, -0.25) is 4.68 Å². The van der Waals surface area contributed by atoms with Gasteiger partial charge in [-0.05, 0) is 66.6 Å². The Balaban J connectivity index is 2.28. The second kappa shape index (κ2) is 7.14. The molecule has 3 nitrogen and oxygen atoms in total. The number of hydrogen-bond acceptors (Lipinski definition) is 3. The molecule has 5 heteroatoms. The Morgan fingerprint density at radius 1 is 1.58 bits per heavy atom. The first-order valence-electron chi connectivity index (χ1n) is 7.19. The molecule has 1 fully saturated rings. The van der Waals surface area contributed by atoms with E-state index in [0.29, 0.717) is 12.1 Å². The number of nitrogens with zero attached hydrogens (tertiary/aromatic N) is 2. The van der Waals surface area contributed by atoms with Gasteiger partial charge in [0.15, 0.2) is 0 Å². The summed E-state index contributed by atoms with van der Waals surface area (Å²) in [6.07, 6.45) is 4.42. The molecule has 0 saturated carbocycles. The highest BCUT2D eigenvalue weighted by Crippen LogP contribution is 2.37. The van der Waals surface area contributed by atoms with Crippen LogP contribution in [0, 0.1) is 5.92 Å². The summed E-state index contributed by atoms with van der Waals surface area (Å²) in [5, 5.41) is 8.28. The van der Waals surface area contributed by atoms with Crippen molar-refractivity contribution in [2.24, 2.45) is 5.92 Å². The summed E-state index contributed by atoms with van der Waals surface area (Å²) in [6.45, 7) is 7.69. The highest BCUT2D eigenvalue weighted by Gasteiger charge is 2.30. The summed E-state index contributed by atoms with van der Waals surface area (Å²) in [7, 11) is 0. The molecule has 1 aromatic rings. The molecule has 2 heterocycles. The number of thioether (sulfide) groups is 1. The molecule has 1 N–H and O–H groups in total. The van der Waals surface area contributed by atoms with Gasteiger partial charge in [0.2, 0.25) is 0 Å². The van der Waals surface area contributed by atoms with Crippen LogP contribution in [-0.4, -0.2) is 27.8 Å². The van der Waals surface area contributed by atoms with E-state index >= 15 is 0 Å². The normalized spacial score (nSPS) is 21.2. The molecule has 0 spiro atoms. The van der Waals surface area contributed by atoms with Gasteiger partial charge in [0.25, 0.3) is 0 Å². The van der Waals surface area contributed by atoms with E-state index in [1.165, 1.54) is 30.0 Å². The number of hydrogen-bond donors (Lipinski definition) is 1. The van der Waals surface area contributed by atoms with Crippen molar-refractivity contribution >= 4 is 27.7 Å². The van der Waals surface area contributed by atoms with Gasteiger partial charge >= 0.3 is 0 Å². The zero-order valence-electron chi connectivity index (χ0n) is 12.0. The SMILES string of the molecule is CCCNC(c1c(Br)cnn1C(C)C)C1CCSC1. The highest BCUT2D eigenvalue weighted by molar-refractivity contribution is 9.10. The summed E-state index contributed by atoms with van der Waals surface area (Å²) in [4.78, 5) is 0. The number of halogens is 1. The van der Waals surface area contributed by atoms with Crippen LogP contribution in [0.3, 0.4) is 0 Å². The summed E-state index contributed by atoms with van der Waals surface area (Å²) in [6, 6.07) is 0.829. The van der Waals surface area contributed by atoms with Gasteiger partial charge in [0.1, 0.15) is 0 Å². The van der Waals surface area contributed by atoms with E-state index in [-0.39, 0.29) is 0 Å². The molecule has 2 unspecified atom stereocenters. The lowest BCUT2D eigenvalue weighted by Gasteiger charge is -2.27. The number of aromatic nitrogens is 2. The maximum Gasteiger partial charge on any atom is 0.0701 e. The zero-order valence-corrected chi connectivity index (χ0v) is 14.4. The third kappa shape index (κ3) is 3.56. The fraction of sp³-hybridized carbons (Fsp3) is 0.786. The van der Waals surface area contributed by atoms with Gasteiger partial charge in [-0.15, -0.1) is 0 Å². The van der Waals surface area contributed by atoms with Gasteiger partial charge in [0, 0.05) is 6.04 Å². The van der Waals surface area contributed by atoms with Crippen molar-refractivity contribution in [3.8, 4) is 0 Å². The van der Waals surface area contributed by atoms with Crippen LogP contribution in [0.25, 0.3) is 0 Å². The van der Waals surface area contributed by atoms with Crippen LogP contribution in [0.4, 0.5) is 0 Å². The smallest absolute Gasteiger partial charge is 0.0701 e. The minimum absolute atomic E-state index is 0.404. The molecular formula is C14H24BrN3S. The Morgan fingerprint density at radius 2 is 2.37 bits per heavy atom. The molecule has 0 amide bonds. The fourth-order valence-electron chi connectivity index (χ4n) is 2.66. The van der Waals surface area contributed by atoms with Crippen molar-refractivity contribution in [3.63, 3.8) is 0 Å². The lowest BCUT2D eigenvalue weighted by molar-refractivity contribution is 0.356. The Kier molecular flexibility index (Phi) is 5.78. The first kappa shape index (κ1) is 15.4. The van der Waals surface area contributed by atoms with Gasteiger partial charge in [0.05, 0.1) is 22.4 Å². The lowest BCUT2D eigenvalue weighted by atomic mass is 9.95. The molecule has 19 heavy (non-hydrogen) atoms. The lowest BCUT2D eigenvalue weighted by Crippen LogP contribution is -2.31. The molecule has 2 atom stereocenters. The van der Waals surface area contributed by atoms with Crippen LogP contribution in [0.5, 0.6) is 0 Å². The van der Waals surface area contributed by atoms with Crippen LogP contribution in [0.15, 0.2) is 10.7 Å². The molecular weight excluding hydrogens is 322 g/mol. The molecule has 0 aromatic carbocycles. The fourth-order valence-corrected chi connectivity index (χ4v) is 4.47. The highest BCUT2D eigenvalue weighted by atomic mass is 79.9. The maximum absolute atomic E-state index is 4.54. The molecule has 1 saturated heterocycles. The third-order valence-corrected chi connectivity index (χ3v) is 5.42. The van der Waals surface area contributed by atoms with E-state index in [9.17, 15) is 0 Å².